The van der Waals surface area contributed by atoms with Crippen LogP contribution in [-0.2, 0) is 16.6 Å². The van der Waals surface area contributed by atoms with E-state index in [9.17, 15) is 12.8 Å². The molecule has 1 saturated carbocycles. The van der Waals surface area contributed by atoms with E-state index in [-0.39, 0.29) is 23.0 Å². The maximum Gasteiger partial charge on any atom is 0.240 e. The van der Waals surface area contributed by atoms with E-state index in [0.717, 1.165) is 25.7 Å². The first kappa shape index (κ1) is 16.4. The molecule has 0 atom stereocenters. The van der Waals surface area contributed by atoms with Crippen LogP contribution in [0.1, 0.15) is 43.7 Å². The maximum absolute atomic E-state index is 13.8. The highest BCUT2D eigenvalue weighted by atomic mass is 32.2. The molecule has 1 aromatic carbocycles. The summed E-state index contributed by atoms with van der Waals surface area (Å²) in [5, 5.41) is 0. The summed E-state index contributed by atoms with van der Waals surface area (Å²) in [5.41, 5.74) is 6.01. The van der Waals surface area contributed by atoms with Crippen molar-refractivity contribution in [2.75, 3.05) is 0 Å². The molecule has 0 radical (unpaired) electrons. The third kappa shape index (κ3) is 3.81. The maximum atomic E-state index is 13.8. The Balaban J connectivity index is 2.21. The van der Waals surface area contributed by atoms with Crippen LogP contribution in [0.15, 0.2) is 17.0 Å². The van der Waals surface area contributed by atoms with E-state index in [1.165, 1.54) is 12.1 Å². The van der Waals surface area contributed by atoms with Crippen LogP contribution < -0.4 is 10.5 Å². The molecule has 118 valence electrons. The molecule has 0 saturated heterocycles. The van der Waals surface area contributed by atoms with Crippen LogP contribution in [0.4, 0.5) is 4.39 Å². The second kappa shape index (κ2) is 6.42. The number of nitrogens with two attached hydrogens (primary N) is 1. The lowest BCUT2D eigenvalue weighted by molar-refractivity contribution is 0.332. The van der Waals surface area contributed by atoms with Gasteiger partial charge in [0.2, 0.25) is 10.0 Å². The van der Waals surface area contributed by atoms with Gasteiger partial charge in [0.05, 0.1) is 4.90 Å². The van der Waals surface area contributed by atoms with Gasteiger partial charge in [-0.3, -0.25) is 0 Å². The molecule has 0 bridgehead atoms. The summed E-state index contributed by atoms with van der Waals surface area (Å²) in [5.74, 6) is 0.227. The smallest absolute Gasteiger partial charge is 0.240 e. The Kier molecular flexibility index (Phi) is 5.01. The van der Waals surface area contributed by atoms with Gasteiger partial charge in [-0.2, -0.15) is 0 Å². The number of hydrogen-bond acceptors (Lipinski definition) is 3. The number of halogens is 1. The van der Waals surface area contributed by atoms with Crippen LogP contribution in [0.3, 0.4) is 0 Å². The molecule has 3 N–H and O–H groups in total. The highest BCUT2D eigenvalue weighted by Crippen LogP contribution is 2.25. The predicted octanol–water partition coefficient (Wildman–Crippen LogP) is 2.45. The Labute approximate surface area is 126 Å². The second-order valence-electron chi connectivity index (χ2n) is 6.00. The molecule has 0 unspecified atom stereocenters. The van der Waals surface area contributed by atoms with Crippen LogP contribution in [-0.4, -0.2) is 14.5 Å². The number of aryl methyl sites for hydroxylation is 1. The summed E-state index contributed by atoms with van der Waals surface area (Å²) in [6.45, 7) is 3.72. The molecule has 0 amide bonds. The van der Waals surface area contributed by atoms with E-state index in [4.69, 9.17) is 5.73 Å². The van der Waals surface area contributed by atoms with Gasteiger partial charge in [0, 0.05) is 18.2 Å². The Morgan fingerprint density at radius 3 is 2.48 bits per heavy atom. The fraction of sp³-hybridized carbons (Fsp3) is 0.600. The minimum Gasteiger partial charge on any atom is -0.326 e. The van der Waals surface area contributed by atoms with E-state index in [0.29, 0.717) is 11.5 Å². The normalized spacial score (nSPS) is 23.2. The number of rotatable bonds is 4. The lowest BCUT2D eigenvalue weighted by Gasteiger charge is -2.26. The molecular weight excluding hydrogens is 291 g/mol. The third-order valence-electron chi connectivity index (χ3n) is 4.17. The van der Waals surface area contributed by atoms with Crippen LogP contribution in [0, 0.1) is 18.7 Å². The standard InChI is InChI=1S/C15H23FN2O2S/c1-10-3-5-13(6-4-10)18-21(19,20)14-7-11(2)15(16)12(8-14)9-17/h7-8,10,13,18H,3-6,9,17H2,1-2H3. The van der Waals surface area contributed by atoms with Crippen molar-refractivity contribution in [3.8, 4) is 0 Å². The number of sulfonamides is 1. The van der Waals surface area contributed by atoms with Crippen molar-refractivity contribution in [3.05, 3.63) is 29.1 Å². The van der Waals surface area contributed by atoms with Crippen molar-refractivity contribution in [2.45, 2.75) is 57.0 Å². The molecule has 6 heteroatoms. The first-order valence-corrected chi connectivity index (χ1v) is 8.83. The minimum absolute atomic E-state index is 0.0169. The molecule has 1 aliphatic rings. The van der Waals surface area contributed by atoms with Crippen LogP contribution in [0.2, 0.25) is 0 Å². The highest BCUT2D eigenvalue weighted by molar-refractivity contribution is 7.89. The first-order valence-electron chi connectivity index (χ1n) is 7.35. The predicted molar refractivity (Wildman–Crippen MR) is 80.8 cm³/mol. The largest absolute Gasteiger partial charge is 0.326 e. The molecule has 1 aliphatic carbocycles. The Hall–Kier alpha value is -0.980. The molecule has 0 spiro atoms. The lowest BCUT2D eigenvalue weighted by Crippen LogP contribution is -2.37. The zero-order chi connectivity index (χ0) is 15.6. The van der Waals surface area contributed by atoms with E-state index >= 15 is 0 Å². The van der Waals surface area contributed by atoms with Crippen LogP contribution in [0.5, 0.6) is 0 Å². The molecule has 4 nitrogen and oxygen atoms in total. The summed E-state index contributed by atoms with van der Waals surface area (Å²) in [6, 6.07) is 2.66. The Morgan fingerprint density at radius 2 is 1.90 bits per heavy atom. The van der Waals surface area contributed by atoms with Crippen molar-refractivity contribution in [1.29, 1.82) is 0 Å². The monoisotopic (exact) mass is 314 g/mol. The fourth-order valence-electron chi connectivity index (χ4n) is 2.78. The van der Waals surface area contributed by atoms with E-state index in [1.807, 2.05) is 0 Å². The summed E-state index contributed by atoms with van der Waals surface area (Å²) >= 11 is 0. The van der Waals surface area contributed by atoms with Crippen molar-refractivity contribution in [3.63, 3.8) is 0 Å². The van der Waals surface area contributed by atoms with E-state index in [2.05, 4.69) is 11.6 Å². The summed E-state index contributed by atoms with van der Waals surface area (Å²) < 4.78 is 41.4. The third-order valence-corrected chi connectivity index (χ3v) is 5.67. The molecule has 1 fully saturated rings. The van der Waals surface area contributed by atoms with E-state index in [1.54, 1.807) is 6.92 Å². The molecule has 0 aliphatic heterocycles. The van der Waals surface area contributed by atoms with Crippen molar-refractivity contribution >= 4 is 10.0 Å². The van der Waals surface area contributed by atoms with Gasteiger partial charge < -0.3 is 5.73 Å². The molecular formula is C15H23FN2O2S. The van der Waals surface area contributed by atoms with Crippen molar-refractivity contribution in [2.24, 2.45) is 11.7 Å². The van der Waals surface area contributed by atoms with Crippen LogP contribution >= 0.6 is 0 Å². The zero-order valence-corrected chi connectivity index (χ0v) is 13.3. The van der Waals surface area contributed by atoms with Crippen molar-refractivity contribution < 1.29 is 12.8 Å². The quantitative estimate of drug-likeness (QED) is 0.896. The molecule has 0 heterocycles. The second-order valence-corrected chi connectivity index (χ2v) is 7.71. The Morgan fingerprint density at radius 1 is 1.29 bits per heavy atom. The zero-order valence-electron chi connectivity index (χ0n) is 12.5. The van der Waals surface area contributed by atoms with Gasteiger partial charge in [-0.25, -0.2) is 17.5 Å². The number of benzene rings is 1. The molecule has 21 heavy (non-hydrogen) atoms. The van der Waals surface area contributed by atoms with Crippen molar-refractivity contribution in [1.82, 2.24) is 4.72 Å². The number of hydrogen-bond donors (Lipinski definition) is 2. The molecule has 2 rings (SSSR count). The lowest BCUT2D eigenvalue weighted by atomic mass is 9.88. The topological polar surface area (TPSA) is 72.2 Å². The van der Waals surface area contributed by atoms with Gasteiger partial charge in [-0.1, -0.05) is 6.92 Å². The SMILES string of the molecule is Cc1cc(S(=O)(=O)NC2CCC(C)CC2)cc(CN)c1F. The van der Waals surface area contributed by atoms with Crippen LogP contribution in [0.25, 0.3) is 0 Å². The van der Waals surface area contributed by atoms with Gasteiger partial charge in [0.15, 0.2) is 0 Å². The highest BCUT2D eigenvalue weighted by Gasteiger charge is 2.25. The van der Waals surface area contributed by atoms with Gasteiger partial charge in [0.1, 0.15) is 5.82 Å². The minimum atomic E-state index is -3.62. The summed E-state index contributed by atoms with van der Waals surface area (Å²) in [7, 11) is -3.62. The summed E-state index contributed by atoms with van der Waals surface area (Å²) in [4.78, 5) is 0.0977. The fourth-order valence-corrected chi connectivity index (χ4v) is 4.22. The summed E-state index contributed by atoms with van der Waals surface area (Å²) in [6.07, 6.45) is 3.77. The molecule has 1 aromatic rings. The Bertz CT molecular complexity index is 608. The van der Waals surface area contributed by atoms with Gasteiger partial charge in [0.25, 0.3) is 0 Å². The van der Waals surface area contributed by atoms with Gasteiger partial charge >= 0.3 is 0 Å². The number of nitrogens with one attached hydrogen (secondary N) is 1. The van der Waals surface area contributed by atoms with E-state index < -0.39 is 15.8 Å². The average molecular weight is 314 g/mol. The average Bonchev–Trinajstić information content (AvgIpc) is 2.44. The molecule has 0 aromatic heterocycles. The van der Waals surface area contributed by atoms with Gasteiger partial charge in [-0.05, 0) is 56.2 Å². The first-order chi connectivity index (χ1) is 9.83. The van der Waals surface area contributed by atoms with Gasteiger partial charge in [-0.15, -0.1) is 0 Å².